The number of imidazole rings is 1. The summed E-state index contributed by atoms with van der Waals surface area (Å²) in [5, 5.41) is 1.32. The van der Waals surface area contributed by atoms with Gasteiger partial charge in [0.1, 0.15) is 11.3 Å². The lowest BCUT2D eigenvalue weighted by Gasteiger charge is -2.34. The van der Waals surface area contributed by atoms with Crippen molar-refractivity contribution in [3.8, 4) is 11.4 Å². The molecule has 1 aliphatic heterocycles. The standard InChI is InChI=1S/C29H35N5/c1-4-22-7-5-8-24-15-26(34(29(22)24)17-21-10-11-21)28-20(3)33-14-12-23(16-27(33)31-28)19(2)32-13-6-9-25(30)18-32/h5,7-8,12,14-16,21,25H,2,4,6,9-11,13,17-18,30H2,1,3H3/t25-/m1/s1. The normalized spacial score (nSPS) is 18.8. The van der Waals surface area contributed by atoms with Gasteiger partial charge in [0.05, 0.1) is 11.2 Å². The number of likely N-dealkylation sites (tertiary alicyclic amines) is 1. The average Bonchev–Trinajstić information content (AvgIpc) is 3.52. The first-order valence-corrected chi connectivity index (χ1v) is 12.8. The molecule has 176 valence electrons. The molecular formula is C29H35N5. The van der Waals surface area contributed by atoms with Crippen LogP contribution in [0.25, 0.3) is 33.6 Å². The number of rotatable bonds is 6. The zero-order chi connectivity index (χ0) is 23.4. The number of nitrogens with zero attached hydrogens (tertiary/aromatic N) is 4. The second kappa shape index (κ2) is 8.31. The second-order valence-corrected chi connectivity index (χ2v) is 10.3. The molecule has 3 aromatic heterocycles. The van der Waals surface area contributed by atoms with Gasteiger partial charge in [0, 0.05) is 54.2 Å². The monoisotopic (exact) mass is 453 g/mol. The number of pyridine rings is 1. The second-order valence-electron chi connectivity index (χ2n) is 10.3. The topological polar surface area (TPSA) is 51.5 Å². The van der Waals surface area contributed by atoms with Crippen LogP contribution < -0.4 is 5.73 Å². The molecule has 6 rings (SSSR count). The lowest BCUT2D eigenvalue weighted by Crippen LogP contribution is -2.41. The highest BCUT2D eigenvalue weighted by atomic mass is 15.2. The van der Waals surface area contributed by atoms with E-state index in [1.807, 2.05) is 0 Å². The van der Waals surface area contributed by atoms with Crippen molar-refractivity contribution in [1.29, 1.82) is 0 Å². The number of hydrogen-bond acceptors (Lipinski definition) is 3. The van der Waals surface area contributed by atoms with Gasteiger partial charge in [-0.3, -0.25) is 0 Å². The van der Waals surface area contributed by atoms with Gasteiger partial charge in [0.15, 0.2) is 0 Å². The van der Waals surface area contributed by atoms with Crippen LogP contribution in [0.2, 0.25) is 0 Å². The first kappa shape index (κ1) is 21.5. The van der Waals surface area contributed by atoms with E-state index in [0.717, 1.165) is 67.4 Å². The molecule has 0 radical (unpaired) electrons. The highest BCUT2D eigenvalue weighted by molar-refractivity contribution is 5.89. The fourth-order valence-corrected chi connectivity index (χ4v) is 5.66. The molecule has 1 aliphatic carbocycles. The summed E-state index contributed by atoms with van der Waals surface area (Å²) in [7, 11) is 0. The van der Waals surface area contributed by atoms with Crippen LogP contribution >= 0.6 is 0 Å². The SMILES string of the molecule is C=C(c1ccn2c(C)c(-c3cc4cccc(CC)c4n3CC3CC3)nc2c1)N1CCC[C@@H](N)C1. The van der Waals surface area contributed by atoms with E-state index in [9.17, 15) is 0 Å². The van der Waals surface area contributed by atoms with Crippen LogP contribution in [0.5, 0.6) is 0 Å². The molecule has 0 bridgehead atoms. The van der Waals surface area contributed by atoms with Crippen LogP contribution in [-0.4, -0.2) is 38.0 Å². The van der Waals surface area contributed by atoms with E-state index in [0.29, 0.717) is 0 Å². The molecule has 34 heavy (non-hydrogen) atoms. The maximum Gasteiger partial charge on any atom is 0.138 e. The van der Waals surface area contributed by atoms with Gasteiger partial charge in [0.25, 0.3) is 0 Å². The van der Waals surface area contributed by atoms with E-state index in [-0.39, 0.29) is 6.04 Å². The van der Waals surface area contributed by atoms with Crippen molar-refractivity contribution >= 4 is 22.2 Å². The summed E-state index contributed by atoms with van der Waals surface area (Å²) in [5.41, 5.74) is 15.7. The van der Waals surface area contributed by atoms with E-state index in [1.54, 1.807) is 0 Å². The number of aryl methyl sites for hydroxylation is 2. The van der Waals surface area contributed by atoms with E-state index < -0.39 is 0 Å². The molecule has 2 fully saturated rings. The quantitative estimate of drug-likeness (QED) is 0.412. The Morgan fingerprint density at radius 3 is 2.79 bits per heavy atom. The summed E-state index contributed by atoms with van der Waals surface area (Å²) in [6.45, 7) is 11.8. The molecule has 2 aliphatic rings. The summed E-state index contributed by atoms with van der Waals surface area (Å²) >= 11 is 0. The van der Waals surface area contributed by atoms with Gasteiger partial charge in [-0.2, -0.15) is 0 Å². The summed E-state index contributed by atoms with van der Waals surface area (Å²) in [5.74, 6) is 0.794. The third-order valence-corrected chi connectivity index (χ3v) is 7.80. The van der Waals surface area contributed by atoms with Crippen molar-refractivity contribution in [2.24, 2.45) is 11.7 Å². The van der Waals surface area contributed by atoms with Crippen LogP contribution in [0.15, 0.2) is 49.2 Å². The Labute approximate surface area is 201 Å². The molecule has 0 unspecified atom stereocenters. The van der Waals surface area contributed by atoms with Crippen molar-refractivity contribution in [2.75, 3.05) is 13.1 Å². The van der Waals surface area contributed by atoms with E-state index in [1.165, 1.54) is 40.7 Å². The summed E-state index contributed by atoms with van der Waals surface area (Å²) in [6, 6.07) is 13.6. The van der Waals surface area contributed by atoms with Crippen molar-refractivity contribution < 1.29 is 0 Å². The van der Waals surface area contributed by atoms with Crippen molar-refractivity contribution in [3.05, 3.63) is 66.0 Å². The zero-order valence-corrected chi connectivity index (χ0v) is 20.4. The van der Waals surface area contributed by atoms with Crippen molar-refractivity contribution in [2.45, 2.75) is 58.5 Å². The minimum absolute atomic E-state index is 0.232. The van der Waals surface area contributed by atoms with E-state index >= 15 is 0 Å². The lowest BCUT2D eigenvalue weighted by atomic mass is 10.0. The van der Waals surface area contributed by atoms with Crippen LogP contribution in [0.4, 0.5) is 0 Å². The molecule has 2 N–H and O–H groups in total. The number of piperidine rings is 1. The van der Waals surface area contributed by atoms with E-state index in [2.05, 4.69) is 76.9 Å². The van der Waals surface area contributed by atoms with Gasteiger partial charge in [-0.1, -0.05) is 31.7 Å². The molecule has 5 nitrogen and oxygen atoms in total. The minimum Gasteiger partial charge on any atom is -0.370 e. The fraction of sp³-hybridized carbons (Fsp3) is 0.414. The van der Waals surface area contributed by atoms with Crippen molar-refractivity contribution in [1.82, 2.24) is 18.9 Å². The summed E-state index contributed by atoms with van der Waals surface area (Å²) in [6.07, 6.45) is 8.09. The Kier molecular flexibility index (Phi) is 5.25. The van der Waals surface area contributed by atoms with Crippen LogP contribution in [-0.2, 0) is 13.0 Å². The summed E-state index contributed by atoms with van der Waals surface area (Å²) < 4.78 is 4.77. The van der Waals surface area contributed by atoms with Crippen LogP contribution in [0, 0.1) is 12.8 Å². The molecule has 1 saturated heterocycles. The Balaban J connectivity index is 1.44. The third-order valence-electron chi connectivity index (χ3n) is 7.80. The van der Waals surface area contributed by atoms with Gasteiger partial charge in [-0.05, 0) is 68.7 Å². The molecule has 1 saturated carbocycles. The maximum absolute atomic E-state index is 6.22. The molecule has 1 aromatic carbocycles. The molecule has 4 heterocycles. The smallest absolute Gasteiger partial charge is 0.138 e. The Morgan fingerprint density at radius 1 is 1.18 bits per heavy atom. The third kappa shape index (κ3) is 3.63. The number of benzene rings is 1. The predicted molar refractivity (Wildman–Crippen MR) is 141 cm³/mol. The van der Waals surface area contributed by atoms with Crippen molar-refractivity contribution in [3.63, 3.8) is 0 Å². The number of fused-ring (bicyclic) bond motifs is 2. The number of aromatic nitrogens is 3. The Bertz CT molecular complexity index is 1390. The fourth-order valence-electron chi connectivity index (χ4n) is 5.66. The molecule has 1 atom stereocenters. The van der Waals surface area contributed by atoms with Gasteiger partial charge in [0.2, 0.25) is 0 Å². The average molecular weight is 454 g/mol. The molecular weight excluding hydrogens is 418 g/mol. The molecule has 5 heteroatoms. The Morgan fingerprint density at radius 2 is 2.03 bits per heavy atom. The van der Waals surface area contributed by atoms with Gasteiger partial charge >= 0.3 is 0 Å². The zero-order valence-electron chi connectivity index (χ0n) is 20.4. The van der Waals surface area contributed by atoms with E-state index in [4.69, 9.17) is 10.7 Å². The molecule has 0 spiro atoms. The number of nitrogens with two attached hydrogens (primary N) is 1. The summed E-state index contributed by atoms with van der Waals surface area (Å²) in [4.78, 5) is 7.51. The molecule has 4 aromatic rings. The maximum atomic E-state index is 6.22. The number of hydrogen-bond donors (Lipinski definition) is 1. The largest absolute Gasteiger partial charge is 0.370 e. The highest BCUT2D eigenvalue weighted by Crippen LogP contribution is 2.38. The minimum atomic E-state index is 0.232. The highest BCUT2D eigenvalue weighted by Gasteiger charge is 2.26. The number of para-hydroxylation sites is 1. The van der Waals surface area contributed by atoms with Gasteiger partial charge < -0.3 is 19.6 Å². The lowest BCUT2D eigenvalue weighted by molar-refractivity contribution is 0.296. The first-order chi connectivity index (χ1) is 16.5. The first-order valence-electron chi connectivity index (χ1n) is 12.8. The van der Waals surface area contributed by atoms with Gasteiger partial charge in [-0.25, -0.2) is 4.98 Å². The van der Waals surface area contributed by atoms with Crippen LogP contribution in [0.1, 0.15) is 49.4 Å². The predicted octanol–water partition coefficient (Wildman–Crippen LogP) is 5.63. The molecule has 0 amide bonds. The van der Waals surface area contributed by atoms with Gasteiger partial charge in [-0.15, -0.1) is 0 Å². The Hall–Kier alpha value is -3.05. The van der Waals surface area contributed by atoms with Crippen LogP contribution in [0.3, 0.4) is 0 Å².